The highest BCUT2D eigenvalue weighted by Crippen LogP contribution is 2.26. The Morgan fingerprint density at radius 3 is 2.24 bits per heavy atom. The number of ether oxygens (including phenoxy) is 1. The predicted molar refractivity (Wildman–Crippen MR) is 134 cm³/mol. The summed E-state index contributed by atoms with van der Waals surface area (Å²) in [4.78, 5) is 13.0. The van der Waals surface area contributed by atoms with Crippen molar-refractivity contribution in [2.75, 3.05) is 18.0 Å². The van der Waals surface area contributed by atoms with E-state index >= 15 is 0 Å². The van der Waals surface area contributed by atoms with Crippen LogP contribution in [-0.2, 0) is 21.4 Å². The van der Waals surface area contributed by atoms with Gasteiger partial charge in [0.25, 0.3) is 10.0 Å². The molecule has 174 valence electrons. The number of carbonyl (C=O) groups is 1. The van der Waals surface area contributed by atoms with Gasteiger partial charge in [0.2, 0.25) is 5.91 Å². The van der Waals surface area contributed by atoms with E-state index in [-0.39, 0.29) is 11.4 Å². The fourth-order valence-electron chi connectivity index (χ4n) is 3.64. The third kappa shape index (κ3) is 5.21. The highest BCUT2D eigenvalue weighted by molar-refractivity contribution is 7.92. The first-order valence-electron chi connectivity index (χ1n) is 10.8. The third-order valence-corrected chi connectivity index (χ3v) is 7.35. The Hall–Kier alpha value is -3.84. The highest BCUT2D eigenvalue weighted by Gasteiger charge is 2.27. The summed E-state index contributed by atoms with van der Waals surface area (Å²) in [5.74, 6) is 0.192. The first-order valence-corrected chi connectivity index (χ1v) is 12.3. The number of amides is 1. The molecule has 0 saturated carbocycles. The van der Waals surface area contributed by atoms with Crippen LogP contribution in [0.4, 0.5) is 5.69 Å². The van der Waals surface area contributed by atoms with E-state index in [0.29, 0.717) is 18.0 Å². The van der Waals surface area contributed by atoms with Gasteiger partial charge < -0.3 is 10.1 Å². The smallest absolute Gasteiger partial charge is 0.264 e. The molecule has 34 heavy (non-hydrogen) atoms. The maximum Gasteiger partial charge on any atom is 0.264 e. The van der Waals surface area contributed by atoms with E-state index in [9.17, 15) is 13.2 Å². The minimum atomic E-state index is -3.97. The number of benzene rings is 4. The van der Waals surface area contributed by atoms with E-state index in [0.717, 1.165) is 26.2 Å². The summed E-state index contributed by atoms with van der Waals surface area (Å²) in [6.07, 6.45) is 0. The molecular formula is C27H26N2O4S. The van der Waals surface area contributed by atoms with E-state index in [1.165, 1.54) is 7.11 Å². The number of aryl methyl sites for hydroxylation is 1. The zero-order valence-corrected chi connectivity index (χ0v) is 19.9. The quantitative estimate of drug-likeness (QED) is 0.403. The summed E-state index contributed by atoms with van der Waals surface area (Å²) in [6, 6.07) is 27.1. The van der Waals surface area contributed by atoms with Gasteiger partial charge in [0.1, 0.15) is 12.3 Å². The SMILES string of the molecule is COc1ccc(N(CC(=O)NCc2ccc3ccccc3c2)S(=O)(=O)c2ccc(C)cc2)cc1. The Bertz CT molecular complexity index is 1400. The van der Waals surface area contributed by atoms with E-state index in [1.54, 1.807) is 48.5 Å². The van der Waals surface area contributed by atoms with Crippen LogP contribution in [0.2, 0.25) is 0 Å². The number of carbonyl (C=O) groups excluding carboxylic acids is 1. The maximum atomic E-state index is 13.5. The molecule has 0 saturated heterocycles. The molecule has 0 aliphatic rings. The lowest BCUT2D eigenvalue weighted by Gasteiger charge is -2.24. The molecule has 4 rings (SSSR count). The number of nitrogens with zero attached hydrogens (tertiary/aromatic N) is 1. The van der Waals surface area contributed by atoms with Gasteiger partial charge in [-0.2, -0.15) is 0 Å². The summed E-state index contributed by atoms with van der Waals surface area (Å²) in [6.45, 7) is 1.83. The van der Waals surface area contributed by atoms with Gasteiger partial charge in [-0.1, -0.05) is 54.1 Å². The van der Waals surface area contributed by atoms with Crippen LogP contribution < -0.4 is 14.4 Å². The van der Waals surface area contributed by atoms with Crippen molar-refractivity contribution in [1.29, 1.82) is 0 Å². The first-order chi connectivity index (χ1) is 16.4. The summed E-state index contributed by atoms with van der Waals surface area (Å²) < 4.78 is 33.2. The van der Waals surface area contributed by atoms with Gasteiger partial charge in [0.05, 0.1) is 17.7 Å². The molecule has 7 heteroatoms. The zero-order valence-electron chi connectivity index (χ0n) is 19.1. The van der Waals surface area contributed by atoms with Crippen molar-refractivity contribution >= 4 is 32.4 Å². The Labute approximate surface area is 199 Å². The molecule has 0 aliphatic heterocycles. The van der Waals surface area contributed by atoms with Crippen molar-refractivity contribution in [2.45, 2.75) is 18.4 Å². The fourth-order valence-corrected chi connectivity index (χ4v) is 5.06. The number of hydrogen-bond donors (Lipinski definition) is 1. The lowest BCUT2D eigenvalue weighted by molar-refractivity contribution is -0.119. The van der Waals surface area contributed by atoms with Crippen molar-refractivity contribution < 1.29 is 17.9 Å². The second kappa shape index (κ2) is 9.97. The second-order valence-electron chi connectivity index (χ2n) is 7.98. The molecule has 6 nitrogen and oxygen atoms in total. The van der Waals surface area contributed by atoms with Gasteiger partial charge in [-0.15, -0.1) is 0 Å². The average Bonchev–Trinajstić information content (AvgIpc) is 2.86. The molecule has 0 heterocycles. The molecule has 4 aromatic carbocycles. The molecule has 0 fully saturated rings. The summed E-state index contributed by atoms with van der Waals surface area (Å²) in [5, 5.41) is 5.05. The van der Waals surface area contributed by atoms with Gasteiger partial charge in [-0.05, 0) is 65.7 Å². The van der Waals surface area contributed by atoms with Gasteiger partial charge in [0.15, 0.2) is 0 Å². The standard InChI is InChI=1S/C27H26N2O4S/c1-20-7-15-26(16-8-20)34(31,32)29(24-11-13-25(33-2)14-12-24)19-27(30)28-18-21-9-10-22-5-3-4-6-23(22)17-21/h3-17H,18-19H2,1-2H3,(H,28,30). The Balaban J connectivity index is 1.56. The molecule has 0 aromatic heterocycles. The van der Waals surface area contributed by atoms with Crippen LogP contribution in [0.3, 0.4) is 0 Å². The van der Waals surface area contributed by atoms with Crippen molar-refractivity contribution in [1.82, 2.24) is 5.32 Å². The average molecular weight is 475 g/mol. The van der Waals surface area contributed by atoms with Crippen LogP contribution in [0.5, 0.6) is 5.75 Å². The highest BCUT2D eigenvalue weighted by atomic mass is 32.2. The van der Waals surface area contributed by atoms with E-state index in [2.05, 4.69) is 5.32 Å². The van der Waals surface area contributed by atoms with Crippen LogP contribution in [0.1, 0.15) is 11.1 Å². The van der Waals surface area contributed by atoms with Crippen LogP contribution >= 0.6 is 0 Å². The first kappa shape index (κ1) is 23.3. The van der Waals surface area contributed by atoms with Crippen LogP contribution in [0.25, 0.3) is 10.8 Å². The number of methoxy groups -OCH3 is 1. The van der Waals surface area contributed by atoms with Crippen molar-refractivity contribution in [3.8, 4) is 5.75 Å². The Kier molecular flexibility index (Phi) is 6.84. The molecule has 0 radical (unpaired) electrons. The number of sulfonamides is 1. The number of anilines is 1. The number of nitrogens with one attached hydrogen (secondary N) is 1. The Morgan fingerprint density at radius 1 is 0.882 bits per heavy atom. The molecule has 0 spiro atoms. The largest absolute Gasteiger partial charge is 0.497 e. The molecule has 4 aromatic rings. The predicted octanol–water partition coefficient (Wildman–Crippen LogP) is 4.67. The topological polar surface area (TPSA) is 75.7 Å². The molecule has 0 unspecified atom stereocenters. The minimum Gasteiger partial charge on any atom is -0.497 e. The molecule has 1 N–H and O–H groups in total. The molecule has 1 amide bonds. The lowest BCUT2D eigenvalue weighted by Crippen LogP contribution is -2.40. The minimum absolute atomic E-state index is 0.122. The van der Waals surface area contributed by atoms with Crippen molar-refractivity contribution in [3.05, 3.63) is 102 Å². The lowest BCUT2D eigenvalue weighted by atomic mass is 10.1. The van der Waals surface area contributed by atoms with Crippen LogP contribution in [0, 0.1) is 6.92 Å². The molecule has 0 bridgehead atoms. The number of hydrogen-bond acceptors (Lipinski definition) is 4. The van der Waals surface area contributed by atoms with E-state index < -0.39 is 15.9 Å². The van der Waals surface area contributed by atoms with Gasteiger partial charge in [0, 0.05) is 6.54 Å². The zero-order chi connectivity index (χ0) is 24.1. The number of rotatable bonds is 8. The second-order valence-corrected chi connectivity index (χ2v) is 9.84. The van der Waals surface area contributed by atoms with Gasteiger partial charge in [-0.3, -0.25) is 9.10 Å². The molecule has 0 atom stereocenters. The van der Waals surface area contributed by atoms with E-state index in [4.69, 9.17) is 4.74 Å². The number of fused-ring (bicyclic) bond motifs is 1. The summed E-state index contributed by atoms with van der Waals surface area (Å²) in [7, 11) is -2.43. The van der Waals surface area contributed by atoms with Crippen molar-refractivity contribution in [2.24, 2.45) is 0 Å². The summed E-state index contributed by atoms with van der Waals surface area (Å²) in [5.41, 5.74) is 2.26. The molecule has 0 aliphatic carbocycles. The van der Waals surface area contributed by atoms with Crippen molar-refractivity contribution in [3.63, 3.8) is 0 Å². The maximum absolute atomic E-state index is 13.5. The summed E-state index contributed by atoms with van der Waals surface area (Å²) >= 11 is 0. The molecular weight excluding hydrogens is 448 g/mol. The van der Waals surface area contributed by atoms with E-state index in [1.807, 2.05) is 49.4 Å². The monoisotopic (exact) mass is 474 g/mol. The Morgan fingerprint density at radius 2 is 1.56 bits per heavy atom. The fraction of sp³-hybridized carbons (Fsp3) is 0.148. The third-order valence-electron chi connectivity index (χ3n) is 5.56. The van der Waals surface area contributed by atoms with Crippen LogP contribution in [-0.4, -0.2) is 28.0 Å². The van der Waals surface area contributed by atoms with Crippen LogP contribution in [0.15, 0.2) is 95.9 Å². The van der Waals surface area contributed by atoms with Gasteiger partial charge >= 0.3 is 0 Å². The normalized spacial score (nSPS) is 11.2. The van der Waals surface area contributed by atoms with Gasteiger partial charge in [-0.25, -0.2) is 8.42 Å².